The standard InChI is InChI=1S/C21H42N2/c1-3-6-18-14-16(10-12-20(18)22)8-5-9-17-11-13-21(23)19(15-17)7-4-2/h16-21H,3-15,22-23H2,1-2H3. The lowest BCUT2D eigenvalue weighted by Gasteiger charge is -2.36. The molecule has 2 nitrogen and oxygen atoms in total. The Balaban J connectivity index is 1.66. The minimum absolute atomic E-state index is 0.487. The van der Waals surface area contributed by atoms with Crippen LogP contribution in [0.15, 0.2) is 0 Å². The maximum Gasteiger partial charge on any atom is 0.00673 e. The zero-order chi connectivity index (χ0) is 16.7. The number of rotatable bonds is 8. The highest BCUT2D eigenvalue weighted by molar-refractivity contribution is 4.84. The SMILES string of the molecule is CCCC1CC(CCCC2CCC(N)C(CCC)C2)CCC1N. The highest BCUT2D eigenvalue weighted by Crippen LogP contribution is 2.37. The average Bonchev–Trinajstić information content (AvgIpc) is 2.54. The molecule has 0 spiro atoms. The molecular formula is C21H42N2. The van der Waals surface area contributed by atoms with Gasteiger partial charge in [0.2, 0.25) is 0 Å². The van der Waals surface area contributed by atoms with Gasteiger partial charge in [-0.2, -0.15) is 0 Å². The predicted octanol–water partition coefficient (Wildman–Crippen LogP) is 5.24. The van der Waals surface area contributed by atoms with E-state index in [4.69, 9.17) is 11.5 Å². The first-order chi connectivity index (χ1) is 11.1. The Labute approximate surface area is 145 Å². The molecule has 2 fully saturated rings. The fourth-order valence-electron chi connectivity index (χ4n) is 5.39. The summed E-state index contributed by atoms with van der Waals surface area (Å²) in [6, 6.07) is 0.974. The lowest BCUT2D eigenvalue weighted by molar-refractivity contribution is 0.188. The second kappa shape index (κ2) is 10.0. The van der Waals surface area contributed by atoms with Crippen LogP contribution in [-0.2, 0) is 0 Å². The summed E-state index contributed by atoms with van der Waals surface area (Å²) in [5, 5.41) is 0. The van der Waals surface area contributed by atoms with Crippen molar-refractivity contribution in [3.05, 3.63) is 0 Å². The molecule has 136 valence electrons. The van der Waals surface area contributed by atoms with Crippen LogP contribution in [0.3, 0.4) is 0 Å². The second-order valence-corrected chi connectivity index (χ2v) is 8.71. The maximum atomic E-state index is 6.32. The molecule has 6 unspecified atom stereocenters. The molecule has 2 heteroatoms. The summed E-state index contributed by atoms with van der Waals surface area (Å²) in [6.07, 6.45) is 17.8. The average molecular weight is 323 g/mol. The van der Waals surface area contributed by atoms with Crippen LogP contribution in [0.2, 0.25) is 0 Å². The van der Waals surface area contributed by atoms with E-state index in [1.54, 1.807) is 0 Å². The van der Waals surface area contributed by atoms with E-state index < -0.39 is 0 Å². The Bertz CT molecular complexity index is 287. The van der Waals surface area contributed by atoms with Crippen LogP contribution in [-0.4, -0.2) is 12.1 Å². The number of hydrogen-bond acceptors (Lipinski definition) is 2. The summed E-state index contributed by atoms with van der Waals surface area (Å²) >= 11 is 0. The third kappa shape index (κ3) is 6.05. The molecule has 2 aliphatic rings. The van der Waals surface area contributed by atoms with Crippen LogP contribution < -0.4 is 11.5 Å². The van der Waals surface area contributed by atoms with Gasteiger partial charge in [-0.3, -0.25) is 0 Å². The monoisotopic (exact) mass is 322 g/mol. The fourth-order valence-corrected chi connectivity index (χ4v) is 5.39. The van der Waals surface area contributed by atoms with Crippen molar-refractivity contribution in [3.63, 3.8) is 0 Å². The molecule has 2 rings (SSSR count). The maximum absolute atomic E-state index is 6.32. The van der Waals surface area contributed by atoms with Crippen LogP contribution >= 0.6 is 0 Å². The van der Waals surface area contributed by atoms with Crippen molar-refractivity contribution in [2.45, 2.75) is 109 Å². The Morgan fingerprint density at radius 2 is 1.09 bits per heavy atom. The van der Waals surface area contributed by atoms with E-state index in [1.165, 1.54) is 83.5 Å². The quantitative estimate of drug-likeness (QED) is 0.641. The first kappa shape index (κ1) is 19.2. The third-order valence-corrected chi connectivity index (χ3v) is 6.84. The van der Waals surface area contributed by atoms with E-state index in [2.05, 4.69) is 13.8 Å². The smallest absolute Gasteiger partial charge is 0.00673 e. The lowest BCUT2D eigenvalue weighted by atomic mass is 9.72. The summed E-state index contributed by atoms with van der Waals surface area (Å²) in [6.45, 7) is 4.60. The van der Waals surface area contributed by atoms with Crippen LogP contribution in [0.4, 0.5) is 0 Å². The molecule has 0 saturated heterocycles. The molecular weight excluding hydrogens is 280 g/mol. The summed E-state index contributed by atoms with van der Waals surface area (Å²) in [4.78, 5) is 0. The normalized spacial score (nSPS) is 38.6. The lowest BCUT2D eigenvalue weighted by Crippen LogP contribution is -2.36. The summed E-state index contributed by atoms with van der Waals surface area (Å²) in [5.74, 6) is 3.54. The summed E-state index contributed by atoms with van der Waals surface area (Å²) in [7, 11) is 0. The molecule has 0 amide bonds. The van der Waals surface area contributed by atoms with Crippen LogP contribution in [0.5, 0.6) is 0 Å². The van der Waals surface area contributed by atoms with Gasteiger partial charge in [-0.05, 0) is 75.0 Å². The van der Waals surface area contributed by atoms with E-state index in [0.29, 0.717) is 12.1 Å². The molecule has 2 aliphatic carbocycles. The van der Waals surface area contributed by atoms with E-state index >= 15 is 0 Å². The molecule has 0 aromatic carbocycles. The molecule has 4 N–H and O–H groups in total. The molecule has 0 bridgehead atoms. The van der Waals surface area contributed by atoms with Gasteiger partial charge >= 0.3 is 0 Å². The fraction of sp³-hybridized carbons (Fsp3) is 1.00. The molecule has 6 atom stereocenters. The molecule has 23 heavy (non-hydrogen) atoms. The number of nitrogens with two attached hydrogens (primary N) is 2. The predicted molar refractivity (Wildman–Crippen MR) is 101 cm³/mol. The first-order valence-electron chi connectivity index (χ1n) is 10.6. The first-order valence-corrected chi connectivity index (χ1v) is 10.6. The highest BCUT2D eigenvalue weighted by Gasteiger charge is 2.29. The molecule has 0 aliphatic heterocycles. The van der Waals surface area contributed by atoms with Gasteiger partial charge in [0.1, 0.15) is 0 Å². The zero-order valence-electron chi connectivity index (χ0n) is 15.8. The van der Waals surface area contributed by atoms with Crippen molar-refractivity contribution in [1.29, 1.82) is 0 Å². The Morgan fingerprint density at radius 3 is 1.48 bits per heavy atom. The van der Waals surface area contributed by atoms with Crippen molar-refractivity contribution in [2.24, 2.45) is 35.1 Å². The topological polar surface area (TPSA) is 52.0 Å². The molecule has 2 saturated carbocycles. The van der Waals surface area contributed by atoms with Gasteiger partial charge in [0.05, 0.1) is 0 Å². The summed E-state index contributed by atoms with van der Waals surface area (Å²) < 4.78 is 0. The van der Waals surface area contributed by atoms with Gasteiger partial charge in [0, 0.05) is 12.1 Å². The van der Waals surface area contributed by atoms with Crippen LogP contribution in [0.1, 0.15) is 97.3 Å². The largest absolute Gasteiger partial charge is 0.327 e. The summed E-state index contributed by atoms with van der Waals surface area (Å²) in [5.41, 5.74) is 12.6. The Hall–Kier alpha value is -0.0800. The molecule has 0 heterocycles. The van der Waals surface area contributed by atoms with Gasteiger partial charge < -0.3 is 11.5 Å². The highest BCUT2D eigenvalue weighted by atomic mass is 14.7. The van der Waals surface area contributed by atoms with Crippen LogP contribution in [0, 0.1) is 23.7 Å². The van der Waals surface area contributed by atoms with Crippen LogP contribution in [0.25, 0.3) is 0 Å². The van der Waals surface area contributed by atoms with Crippen molar-refractivity contribution < 1.29 is 0 Å². The van der Waals surface area contributed by atoms with Gasteiger partial charge in [0.25, 0.3) is 0 Å². The van der Waals surface area contributed by atoms with Gasteiger partial charge in [0.15, 0.2) is 0 Å². The molecule has 0 aromatic heterocycles. The number of hydrogen-bond donors (Lipinski definition) is 2. The minimum atomic E-state index is 0.487. The molecule has 0 aromatic rings. The van der Waals surface area contributed by atoms with Crippen molar-refractivity contribution in [1.82, 2.24) is 0 Å². The van der Waals surface area contributed by atoms with Crippen molar-refractivity contribution in [2.75, 3.05) is 0 Å². The Morgan fingerprint density at radius 1 is 0.652 bits per heavy atom. The third-order valence-electron chi connectivity index (χ3n) is 6.84. The zero-order valence-corrected chi connectivity index (χ0v) is 15.8. The Kier molecular flexibility index (Phi) is 8.40. The molecule has 0 radical (unpaired) electrons. The second-order valence-electron chi connectivity index (χ2n) is 8.71. The van der Waals surface area contributed by atoms with Crippen molar-refractivity contribution in [3.8, 4) is 0 Å². The van der Waals surface area contributed by atoms with E-state index in [0.717, 1.165) is 23.7 Å². The van der Waals surface area contributed by atoms with Gasteiger partial charge in [-0.1, -0.05) is 46.0 Å². The van der Waals surface area contributed by atoms with E-state index in [-0.39, 0.29) is 0 Å². The van der Waals surface area contributed by atoms with E-state index in [9.17, 15) is 0 Å². The van der Waals surface area contributed by atoms with Gasteiger partial charge in [-0.15, -0.1) is 0 Å². The van der Waals surface area contributed by atoms with Gasteiger partial charge in [-0.25, -0.2) is 0 Å². The van der Waals surface area contributed by atoms with Crippen molar-refractivity contribution >= 4 is 0 Å². The minimum Gasteiger partial charge on any atom is -0.327 e. The van der Waals surface area contributed by atoms with E-state index in [1.807, 2.05) is 0 Å².